The molecule has 0 radical (unpaired) electrons. The molecule has 1 aliphatic heterocycles. The number of hydrogen-bond acceptors (Lipinski definition) is 8. The summed E-state index contributed by atoms with van der Waals surface area (Å²) in [6.45, 7) is 3.19. The molecule has 1 N–H and O–H groups in total. The number of piperazine rings is 1. The SMILES string of the molecule is Cn1ncc2c(N3CCN(CC(=O)Nc4ccc([N+](=O)[O-])cc4)CC3)ncnc21. The Bertz CT molecular complexity index is 1040. The predicted molar refractivity (Wildman–Crippen MR) is 107 cm³/mol. The van der Waals surface area contributed by atoms with Gasteiger partial charge in [-0.1, -0.05) is 0 Å². The highest BCUT2D eigenvalue weighted by molar-refractivity contribution is 5.92. The second-order valence-corrected chi connectivity index (χ2v) is 6.82. The van der Waals surface area contributed by atoms with Crippen molar-refractivity contribution in [2.45, 2.75) is 0 Å². The zero-order valence-electron chi connectivity index (χ0n) is 15.9. The minimum absolute atomic E-state index is 0.00781. The zero-order chi connectivity index (χ0) is 20.4. The Balaban J connectivity index is 1.32. The van der Waals surface area contributed by atoms with E-state index >= 15 is 0 Å². The number of nitro groups is 1. The van der Waals surface area contributed by atoms with Crippen LogP contribution in [0.15, 0.2) is 36.8 Å². The second-order valence-electron chi connectivity index (χ2n) is 6.82. The third-order valence-corrected chi connectivity index (χ3v) is 4.91. The van der Waals surface area contributed by atoms with E-state index in [9.17, 15) is 14.9 Å². The first-order valence-corrected chi connectivity index (χ1v) is 9.15. The van der Waals surface area contributed by atoms with Gasteiger partial charge >= 0.3 is 0 Å². The van der Waals surface area contributed by atoms with Crippen LogP contribution in [0.4, 0.5) is 17.2 Å². The maximum absolute atomic E-state index is 12.3. The number of fused-ring (bicyclic) bond motifs is 1. The number of hydrogen-bond donors (Lipinski definition) is 1. The Morgan fingerprint density at radius 2 is 1.90 bits per heavy atom. The van der Waals surface area contributed by atoms with Crippen LogP contribution in [0.2, 0.25) is 0 Å². The van der Waals surface area contributed by atoms with Gasteiger partial charge in [-0.3, -0.25) is 24.5 Å². The topological polar surface area (TPSA) is 122 Å². The number of benzene rings is 1. The van der Waals surface area contributed by atoms with Crippen molar-refractivity contribution >= 4 is 34.1 Å². The average Bonchev–Trinajstić information content (AvgIpc) is 3.10. The number of nitrogens with zero attached hydrogens (tertiary/aromatic N) is 7. The normalized spacial score (nSPS) is 14.9. The number of carbonyl (C=O) groups is 1. The monoisotopic (exact) mass is 396 g/mol. The van der Waals surface area contributed by atoms with E-state index in [1.165, 1.54) is 24.3 Å². The lowest BCUT2D eigenvalue weighted by Crippen LogP contribution is -2.49. The molecule has 150 valence electrons. The highest BCUT2D eigenvalue weighted by Crippen LogP contribution is 2.23. The molecule has 0 saturated carbocycles. The lowest BCUT2D eigenvalue weighted by atomic mass is 10.2. The van der Waals surface area contributed by atoms with Crippen LogP contribution in [0, 0.1) is 10.1 Å². The molecule has 11 nitrogen and oxygen atoms in total. The summed E-state index contributed by atoms with van der Waals surface area (Å²) in [6.07, 6.45) is 3.32. The van der Waals surface area contributed by atoms with E-state index in [0.717, 1.165) is 43.0 Å². The number of non-ortho nitro benzene ring substituents is 1. The third-order valence-electron chi connectivity index (χ3n) is 4.91. The molecule has 2 aromatic heterocycles. The van der Waals surface area contributed by atoms with Gasteiger partial charge in [-0.2, -0.15) is 5.10 Å². The molecular weight excluding hydrogens is 376 g/mol. The number of nitro benzene ring substituents is 1. The average molecular weight is 396 g/mol. The van der Waals surface area contributed by atoms with E-state index in [-0.39, 0.29) is 18.1 Å². The molecule has 3 aromatic rings. The molecule has 1 aliphatic rings. The van der Waals surface area contributed by atoms with Crippen LogP contribution in [-0.4, -0.2) is 68.2 Å². The summed E-state index contributed by atoms with van der Waals surface area (Å²) >= 11 is 0. The minimum Gasteiger partial charge on any atom is -0.353 e. The Morgan fingerprint density at radius 1 is 1.17 bits per heavy atom. The third kappa shape index (κ3) is 3.99. The lowest BCUT2D eigenvalue weighted by molar-refractivity contribution is -0.384. The Morgan fingerprint density at radius 3 is 2.59 bits per heavy atom. The Hall–Kier alpha value is -3.60. The molecule has 4 rings (SSSR count). The number of aryl methyl sites for hydroxylation is 1. The van der Waals surface area contributed by atoms with Crippen molar-refractivity contribution in [3.63, 3.8) is 0 Å². The van der Waals surface area contributed by atoms with Crippen LogP contribution in [0.5, 0.6) is 0 Å². The molecule has 3 heterocycles. The van der Waals surface area contributed by atoms with Gasteiger partial charge in [0.2, 0.25) is 5.91 Å². The van der Waals surface area contributed by atoms with Crippen molar-refractivity contribution in [2.75, 3.05) is 42.9 Å². The van der Waals surface area contributed by atoms with Gasteiger partial charge in [0.15, 0.2) is 5.65 Å². The summed E-state index contributed by atoms with van der Waals surface area (Å²) < 4.78 is 1.72. The molecule has 0 atom stereocenters. The molecular formula is C18H20N8O3. The van der Waals surface area contributed by atoms with Gasteiger partial charge in [0.05, 0.1) is 23.1 Å². The molecule has 0 aliphatic carbocycles. The van der Waals surface area contributed by atoms with Gasteiger partial charge in [0.1, 0.15) is 12.1 Å². The van der Waals surface area contributed by atoms with Crippen molar-refractivity contribution in [1.29, 1.82) is 0 Å². The van der Waals surface area contributed by atoms with Crippen LogP contribution in [0.3, 0.4) is 0 Å². The molecule has 1 amide bonds. The van der Waals surface area contributed by atoms with Crippen molar-refractivity contribution < 1.29 is 9.72 Å². The standard InChI is InChI=1S/C18H20N8O3/c1-23-17-15(10-21-23)18(20-12-19-17)25-8-6-24(7-9-25)11-16(27)22-13-2-4-14(5-3-13)26(28)29/h2-5,10,12H,6-9,11H2,1H3,(H,22,27). The van der Waals surface area contributed by atoms with E-state index < -0.39 is 4.92 Å². The molecule has 11 heteroatoms. The van der Waals surface area contributed by atoms with Gasteiger partial charge in [0.25, 0.3) is 5.69 Å². The smallest absolute Gasteiger partial charge is 0.269 e. The fraction of sp³-hybridized carbons (Fsp3) is 0.333. The summed E-state index contributed by atoms with van der Waals surface area (Å²) in [5.41, 5.74) is 1.32. The van der Waals surface area contributed by atoms with Gasteiger partial charge in [-0.25, -0.2) is 9.97 Å². The summed E-state index contributed by atoms with van der Waals surface area (Å²) in [7, 11) is 1.85. The van der Waals surface area contributed by atoms with Gasteiger partial charge < -0.3 is 10.2 Å². The van der Waals surface area contributed by atoms with E-state index in [1.807, 2.05) is 7.05 Å². The molecule has 0 spiro atoms. The van der Waals surface area contributed by atoms with Crippen molar-refractivity contribution in [2.24, 2.45) is 7.05 Å². The highest BCUT2D eigenvalue weighted by Gasteiger charge is 2.22. The van der Waals surface area contributed by atoms with E-state index in [0.29, 0.717) is 5.69 Å². The summed E-state index contributed by atoms with van der Waals surface area (Å²) in [5, 5.41) is 18.6. The van der Waals surface area contributed by atoms with E-state index in [1.54, 1.807) is 17.2 Å². The van der Waals surface area contributed by atoms with Gasteiger partial charge in [0, 0.05) is 51.0 Å². The maximum atomic E-state index is 12.3. The molecule has 0 unspecified atom stereocenters. The number of anilines is 2. The Labute approximate surface area is 166 Å². The Kier molecular flexibility index (Phi) is 5.04. The summed E-state index contributed by atoms with van der Waals surface area (Å²) in [5.74, 6) is 0.710. The van der Waals surface area contributed by atoms with Crippen LogP contribution in [0.1, 0.15) is 0 Å². The van der Waals surface area contributed by atoms with Crippen molar-refractivity contribution in [3.8, 4) is 0 Å². The number of nitrogens with one attached hydrogen (secondary N) is 1. The van der Waals surface area contributed by atoms with Crippen LogP contribution in [-0.2, 0) is 11.8 Å². The molecule has 1 fully saturated rings. The second kappa shape index (κ2) is 7.80. The van der Waals surface area contributed by atoms with Crippen molar-refractivity contribution in [1.82, 2.24) is 24.6 Å². The predicted octanol–water partition coefficient (Wildman–Crippen LogP) is 1.03. The van der Waals surface area contributed by atoms with E-state index in [2.05, 4.69) is 30.2 Å². The largest absolute Gasteiger partial charge is 0.353 e. The number of amides is 1. The first kappa shape index (κ1) is 18.7. The fourth-order valence-electron chi connectivity index (χ4n) is 3.39. The van der Waals surface area contributed by atoms with Crippen LogP contribution < -0.4 is 10.2 Å². The number of aromatic nitrogens is 4. The first-order chi connectivity index (χ1) is 14.0. The van der Waals surface area contributed by atoms with Crippen LogP contribution >= 0.6 is 0 Å². The minimum atomic E-state index is -0.470. The van der Waals surface area contributed by atoms with E-state index in [4.69, 9.17) is 0 Å². The first-order valence-electron chi connectivity index (χ1n) is 9.15. The zero-order valence-corrected chi connectivity index (χ0v) is 15.9. The molecule has 0 bridgehead atoms. The lowest BCUT2D eigenvalue weighted by Gasteiger charge is -2.35. The van der Waals surface area contributed by atoms with Gasteiger partial charge in [-0.05, 0) is 12.1 Å². The summed E-state index contributed by atoms with van der Waals surface area (Å²) in [4.78, 5) is 35.5. The molecule has 1 saturated heterocycles. The maximum Gasteiger partial charge on any atom is 0.269 e. The number of carbonyl (C=O) groups excluding carboxylic acids is 1. The van der Waals surface area contributed by atoms with Crippen molar-refractivity contribution in [3.05, 3.63) is 46.9 Å². The number of rotatable bonds is 5. The molecule has 1 aromatic carbocycles. The van der Waals surface area contributed by atoms with Gasteiger partial charge in [-0.15, -0.1) is 0 Å². The fourth-order valence-corrected chi connectivity index (χ4v) is 3.39. The molecule has 29 heavy (non-hydrogen) atoms. The summed E-state index contributed by atoms with van der Waals surface area (Å²) in [6, 6.07) is 5.80. The highest BCUT2D eigenvalue weighted by atomic mass is 16.6. The quantitative estimate of drug-likeness (QED) is 0.501. The van der Waals surface area contributed by atoms with Crippen LogP contribution in [0.25, 0.3) is 11.0 Å².